The first-order valence-corrected chi connectivity index (χ1v) is 19.5. The number of phenols is 2. The molecular weight excluding hydrogens is 695 g/mol. The molecule has 1 saturated heterocycles. The van der Waals surface area contributed by atoms with E-state index in [0.717, 1.165) is 46.6 Å². The van der Waals surface area contributed by atoms with Crippen molar-refractivity contribution in [3.05, 3.63) is 77.9 Å². The van der Waals surface area contributed by atoms with Crippen LogP contribution in [0.3, 0.4) is 0 Å². The van der Waals surface area contributed by atoms with E-state index in [0.29, 0.717) is 6.54 Å². The predicted molar refractivity (Wildman–Crippen MR) is 194 cm³/mol. The van der Waals surface area contributed by atoms with Crippen LogP contribution in [0.15, 0.2) is 66.7 Å². The Labute approximate surface area is 314 Å². The molecule has 0 unspecified atom stereocenters. The third-order valence-electron chi connectivity index (χ3n) is 8.73. The Morgan fingerprint density at radius 1 is 0.840 bits per heavy atom. The Balaban J connectivity index is 0.000000385. The molecule has 2 heterocycles. The molecular formula is C34H47N3NaO10P2. The maximum Gasteiger partial charge on any atom is 0.369 e. The molecule has 1 aliphatic heterocycles. The zero-order valence-corrected chi connectivity index (χ0v) is 32.3. The van der Waals surface area contributed by atoms with Gasteiger partial charge in [-0.05, 0) is 117 Å². The molecule has 1 radical (unpaired) electrons. The summed E-state index contributed by atoms with van der Waals surface area (Å²) in [7, 11) is -10.6. The van der Waals surface area contributed by atoms with Crippen LogP contribution in [0.25, 0.3) is 22.2 Å². The summed E-state index contributed by atoms with van der Waals surface area (Å²) in [4.78, 5) is 37.0. The maximum atomic E-state index is 10.7. The number of fused-ring (bicyclic) bond motifs is 1. The van der Waals surface area contributed by atoms with Gasteiger partial charge in [0.15, 0.2) is 0 Å². The molecule has 0 saturated carbocycles. The van der Waals surface area contributed by atoms with Crippen molar-refractivity contribution >= 4 is 55.7 Å². The fraction of sp³-hybridized carbons (Fsp3) is 0.412. The average molecular weight is 743 g/mol. The molecule has 1 aromatic heterocycles. The largest absolute Gasteiger partial charge is 0.508 e. The van der Waals surface area contributed by atoms with Crippen molar-refractivity contribution in [1.82, 2.24) is 9.47 Å². The molecule has 0 atom stereocenters. The van der Waals surface area contributed by atoms with Gasteiger partial charge >= 0.3 is 15.2 Å². The minimum absolute atomic E-state index is 0. The van der Waals surface area contributed by atoms with E-state index in [1.165, 1.54) is 44.3 Å². The Hall–Kier alpha value is -2.22. The first kappa shape index (κ1) is 42.2. The Kier molecular flexibility index (Phi) is 15.6. The van der Waals surface area contributed by atoms with Crippen molar-refractivity contribution in [2.45, 2.75) is 57.1 Å². The van der Waals surface area contributed by atoms with E-state index in [4.69, 9.17) is 30.0 Å². The van der Waals surface area contributed by atoms with Gasteiger partial charge in [-0.2, -0.15) is 0 Å². The van der Waals surface area contributed by atoms with Gasteiger partial charge in [0.05, 0.1) is 5.69 Å². The van der Waals surface area contributed by atoms with Gasteiger partial charge in [-0.25, -0.2) is 0 Å². The molecule has 0 amide bonds. The summed E-state index contributed by atoms with van der Waals surface area (Å²) in [5.41, 5.74) is 10.5. The van der Waals surface area contributed by atoms with Crippen molar-refractivity contribution in [2.75, 3.05) is 32.8 Å². The second-order valence-electron chi connectivity index (χ2n) is 12.3. The predicted octanol–water partition coefficient (Wildman–Crippen LogP) is 4.68. The number of aliphatic hydroxyl groups is 1. The van der Waals surface area contributed by atoms with Crippen molar-refractivity contribution in [2.24, 2.45) is 5.73 Å². The number of hydrogen-bond donors (Lipinski definition) is 8. The molecule has 269 valence electrons. The number of aromatic hydroxyl groups is 2. The summed E-state index contributed by atoms with van der Waals surface area (Å²) in [6, 6.07) is 21.2. The quantitative estimate of drug-likeness (QED) is 0.0733. The summed E-state index contributed by atoms with van der Waals surface area (Å²) in [5, 5.41) is 26.8. The normalized spacial score (nSPS) is 14.4. The van der Waals surface area contributed by atoms with Gasteiger partial charge in [0.25, 0.3) is 5.08 Å². The van der Waals surface area contributed by atoms with Gasteiger partial charge in [-0.3, -0.25) is 14.0 Å². The summed E-state index contributed by atoms with van der Waals surface area (Å²) in [5.74, 6) is 1.41. The number of aryl methyl sites for hydroxylation is 1. The minimum atomic E-state index is -5.30. The van der Waals surface area contributed by atoms with Crippen molar-refractivity contribution in [3.63, 3.8) is 0 Å². The molecule has 1 aliphatic rings. The van der Waals surface area contributed by atoms with Crippen LogP contribution in [-0.4, -0.2) is 112 Å². The number of phenolic OH excluding ortho intramolecular Hbond substituents is 2. The van der Waals surface area contributed by atoms with Gasteiger partial charge in [0.2, 0.25) is 0 Å². The first-order valence-electron chi connectivity index (χ1n) is 16.2. The van der Waals surface area contributed by atoms with E-state index in [-0.39, 0.29) is 54.0 Å². The van der Waals surface area contributed by atoms with Crippen molar-refractivity contribution in [1.29, 1.82) is 0 Å². The van der Waals surface area contributed by atoms with Crippen LogP contribution in [-0.2, 0) is 15.7 Å². The number of nitrogens with zero attached hydrogens (tertiary/aromatic N) is 2. The van der Waals surface area contributed by atoms with Gasteiger partial charge in [-0.1, -0.05) is 25.0 Å². The zero-order chi connectivity index (χ0) is 35.8. The fourth-order valence-corrected chi connectivity index (χ4v) is 8.25. The maximum absolute atomic E-state index is 10.7. The van der Waals surface area contributed by atoms with Crippen LogP contribution in [0.1, 0.15) is 49.7 Å². The number of hydrogen-bond acceptors (Lipinski definition) is 8. The van der Waals surface area contributed by atoms with Gasteiger partial charge in [-0.15, -0.1) is 0 Å². The molecule has 50 heavy (non-hydrogen) atoms. The Morgan fingerprint density at radius 2 is 1.42 bits per heavy atom. The SMILES string of the molecule is Cc1c(-c2ccc(O)cc2)n(Cc2ccc(OCCN3CCCCCC3)cc2)c2ccc(O)cc12.NCCCC(O)(P(=O)(O)O)P(=O)(O)O.[Na]. The van der Waals surface area contributed by atoms with E-state index in [9.17, 15) is 24.4 Å². The third-order valence-corrected chi connectivity index (χ3v) is 12.6. The monoisotopic (exact) mass is 742 g/mol. The molecule has 0 spiro atoms. The van der Waals surface area contributed by atoms with Crippen LogP contribution in [0.5, 0.6) is 17.2 Å². The molecule has 5 rings (SSSR count). The standard InChI is InChI=1S/C30H34N2O3.C4H13NO7P2.Na/c1-22-28-20-26(34)12-15-29(28)32(30(22)24-8-10-25(33)11-9-24)21-23-6-13-27(14-7-23)35-19-18-31-16-4-2-3-5-17-31;5-3-1-2-4(6,13(7,8)9)14(10,11)12;/h6-15,20,33-34H,2-5,16-19,21H2,1H3;6H,1-3,5H2,(H2,7,8,9)(H2,10,11,12);. The second-order valence-corrected chi connectivity index (χ2v) is 16.3. The average Bonchev–Trinajstić information content (AvgIpc) is 3.18. The molecule has 4 aromatic rings. The van der Waals surface area contributed by atoms with Crippen molar-refractivity contribution < 1.29 is 48.8 Å². The number of nitrogens with two attached hydrogens (primary N) is 1. The van der Waals surface area contributed by atoms with Crippen LogP contribution >= 0.6 is 15.2 Å². The van der Waals surface area contributed by atoms with Gasteiger partial charge in [0.1, 0.15) is 23.9 Å². The molecule has 0 bridgehead atoms. The van der Waals surface area contributed by atoms with Crippen LogP contribution < -0.4 is 10.5 Å². The Bertz CT molecular complexity index is 1740. The van der Waals surface area contributed by atoms with E-state index >= 15 is 0 Å². The number of benzene rings is 3. The summed E-state index contributed by atoms with van der Waals surface area (Å²) >= 11 is 0. The smallest absolute Gasteiger partial charge is 0.369 e. The van der Waals surface area contributed by atoms with Crippen molar-refractivity contribution in [3.8, 4) is 28.5 Å². The number of ether oxygens (including phenoxy) is 1. The first-order chi connectivity index (χ1) is 23.1. The van der Waals surface area contributed by atoms with Crippen LogP contribution in [0.2, 0.25) is 0 Å². The zero-order valence-electron chi connectivity index (χ0n) is 28.6. The van der Waals surface area contributed by atoms with E-state index in [1.54, 1.807) is 18.2 Å². The summed E-state index contributed by atoms with van der Waals surface area (Å²) in [6.45, 7) is 6.82. The molecule has 3 aromatic carbocycles. The topological polar surface area (TPSA) is 219 Å². The minimum Gasteiger partial charge on any atom is -0.508 e. The molecule has 16 heteroatoms. The molecule has 13 nitrogen and oxygen atoms in total. The Morgan fingerprint density at radius 3 is 1.98 bits per heavy atom. The summed E-state index contributed by atoms with van der Waals surface area (Å²) in [6.07, 6.45) is 4.45. The van der Waals surface area contributed by atoms with Crippen LogP contribution in [0.4, 0.5) is 0 Å². The number of aromatic nitrogens is 1. The summed E-state index contributed by atoms with van der Waals surface area (Å²) < 4.78 is 29.8. The van der Waals surface area contributed by atoms with E-state index < -0.39 is 26.7 Å². The molecule has 9 N–H and O–H groups in total. The second kappa shape index (κ2) is 18.5. The third kappa shape index (κ3) is 10.7. The van der Waals surface area contributed by atoms with Gasteiger partial charge in [0, 0.05) is 60.0 Å². The number of rotatable bonds is 12. The number of likely N-dealkylation sites (tertiary alicyclic amines) is 1. The van der Waals surface area contributed by atoms with E-state index in [2.05, 4.69) is 40.7 Å². The fourth-order valence-electron chi connectivity index (χ4n) is 5.99. The molecule has 1 fully saturated rings. The van der Waals surface area contributed by atoms with Crippen LogP contribution in [0, 0.1) is 6.92 Å². The van der Waals surface area contributed by atoms with E-state index in [1.807, 2.05) is 24.3 Å². The van der Waals surface area contributed by atoms with Gasteiger partial charge < -0.3 is 49.9 Å². The molecule has 0 aliphatic carbocycles.